The average molecular weight is 126 g/mol. The van der Waals surface area contributed by atoms with Crippen molar-refractivity contribution in [2.24, 2.45) is 23.3 Å². The summed E-state index contributed by atoms with van der Waals surface area (Å²) in [6, 6.07) is 0.646. The SMILES string of the molecule is N[C@@H]1[C@H]2CC[C@@H](C2)[C@H]1N. The Morgan fingerprint density at radius 3 is 1.56 bits per heavy atom. The minimum atomic E-state index is 0.323. The number of hydrogen-bond donors (Lipinski definition) is 2. The van der Waals surface area contributed by atoms with Gasteiger partial charge in [-0.15, -0.1) is 0 Å². The second kappa shape index (κ2) is 1.70. The van der Waals surface area contributed by atoms with Gasteiger partial charge in [0.2, 0.25) is 0 Å². The van der Waals surface area contributed by atoms with E-state index in [-0.39, 0.29) is 0 Å². The molecule has 2 aliphatic carbocycles. The molecule has 9 heavy (non-hydrogen) atoms. The first-order valence-electron chi connectivity index (χ1n) is 3.80. The smallest absolute Gasteiger partial charge is 0.0223 e. The third-order valence-electron chi connectivity index (χ3n) is 3.05. The second-order valence-electron chi connectivity index (χ2n) is 3.49. The van der Waals surface area contributed by atoms with Crippen molar-refractivity contribution in [3.8, 4) is 0 Å². The van der Waals surface area contributed by atoms with Crippen molar-refractivity contribution in [1.82, 2.24) is 0 Å². The summed E-state index contributed by atoms with van der Waals surface area (Å²) in [6.45, 7) is 0. The predicted molar refractivity (Wildman–Crippen MR) is 36.8 cm³/mol. The van der Waals surface area contributed by atoms with Gasteiger partial charge in [0.05, 0.1) is 0 Å². The molecule has 2 nitrogen and oxygen atoms in total. The van der Waals surface area contributed by atoms with Crippen molar-refractivity contribution >= 4 is 0 Å². The molecule has 0 unspecified atom stereocenters. The van der Waals surface area contributed by atoms with E-state index in [2.05, 4.69) is 0 Å². The number of hydrogen-bond acceptors (Lipinski definition) is 2. The van der Waals surface area contributed by atoms with Crippen LogP contribution in [0.15, 0.2) is 0 Å². The fourth-order valence-corrected chi connectivity index (χ4v) is 2.38. The molecule has 0 amide bonds. The monoisotopic (exact) mass is 126 g/mol. The van der Waals surface area contributed by atoms with E-state index in [4.69, 9.17) is 11.5 Å². The minimum Gasteiger partial charge on any atom is -0.326 e. The van der Waals surface area contributed by atoms with Crippen LogP contribution in [0.2, 0.25) is 0 Å². The second-order valence-corrected chi connectivity index (χ2v) is 3.49. The third-order valence-corrected chi connectivity index (χ3v) is 3.05. The zero-order valence-electron chi connectivity index (χ0n) is 5.59. The highest BCUT2D eigenvalue weighted by molar-refractivity contribution is 5.01. The molecule has 52 valence electrons. The number of rotatable bonds is 0. The molecule has 0 heterocycles. The summed E-state index contributed by atoms with van der Waals surface area (Å²) >= 11 is 0. The van der Waals surface area contributed by atoms with Crippen molar-refractivity contribution in [3.05, 3.63) is 0 Å². The van der Waals surface area contributed by atoms with E-state index >= 15 is 0 Å². The highest BCUT2D eigenvalue weighted by Crippen LogP contribution is 2.42. The fourth-order valence-electron chi connectivity index (χ4n) is 2.38. The molecule has 0 aromatic rings. The van der Waals surface area contributed by atoms with Gasteiger partial charge in [-0.25, -0.2) is 0 Å². The normalized spacial score (nSPS) is 56.7. The Morgan fingerprint density at radius 2 is 1.33 bits per heavy atom. The first kappa shape index (κ1) is 5.69. The summed E-state index contributed by atoms with van der Waals surface area (Å²) in [5.41, 5.74) is 11.7. The van der Waals surface area contributed by atoms with Crippen LogP contribution in [-0.2, 0) is 0 Å². The van der Waals surface area contributed by atoms with Crippen LogP contribution >= 0.6 is 0 Å². The van der Waals surface area contributed by atoms with E-state index in [1.165, 1.54) is 19.3 Å². The first-order valence-corrected chi connectivity index (χ1v) is 3.80. The molecule has 2 bridgehead atoms. The summed E-state index contributed by atoms with van der Waals surface area (Å²) in [5.74, 6) is 1.54. The molecule has 0 aromatic heterocycles. The van der Waals surface area contributed by atoms with Crippen LogP contribution in [0.3, 0.4) is 0 Å². The molecule has 2 saturated carbocycles. The van der Waals surface area contributed by atoms with Gasteiger partial charge in [0.25, 0.3) is 0 Å². The van der Waals surface area contributed by atoms with Crippen molar-refractivity contribution in [3.63, 3.8) is 0 Å². The topological polar surface area (TPSA) is 52.0 Å². The highest BCUT2D eigenvalue weighted by atomic mass is 14.8. The van der Waals surface area contributed by atoms with Crippen molar-refractivity contribution < 1.29 is 0 Å². The van der Waals surface area contributed by atoms with E-state index < -0.39 is 0 Å². The van der Waals surface area contributed by atoms with Gasteiger partial charge in [0.15, 0.2) is 0 Å². The molecule has 0 aromatic carbocycles. The standard InChI is InChI=1S/C7H14N2/c8-6-4-1-2-5(3-4)7(6)9/h4-7H,1-3,8-9H2/t4-,5-,6+,7+/m0/s1. The minimum absolute atomic E-state index is 0.323. The molecule has 4 N–H and O–H groups in total. The molecular formula is C7H14N2. The molecule has 2 fully saturated rings. The lowest BCUT2D eigenvalue weighted by Gasteiger charge is -2.23. The molecule has 4 atom stereocenters. The third kappa shape index (κ3) is 0.634. The van der Waals surface area contributed by atoms with Crippen LogP contribution in [-0.4, -0.2) is 12.1 Å². The van der Waals surface area contributed by atoms with Crippen LogP contribution in [0.1, 0.15) is 19.3 Å². The number of fused-ring (bicyclic) bond motifs is 2. The zero-order chi connectivity index (χ0) is 6.43. The van der Waals surface area contributed by atoms with Gasteiger partial charge in [-0.3, -0.25) is 0 Å². The Bertz CT molecular complexity index is 106. The Balaban J connectivity index is 2.15. The maximum atomic E-state index is 5.84. The van der Waals surface area contributed by atoms with Crippen LogP contribution in [0.25, 0.3) is 0 Å². The van der Waals surface area contributed by atoms with Crippen molar-refractivity contribution in [2.45, 2.75) is 31.3 Å². The van der Waals surface area contributed by atoms with E-state index in [1.54, 1.807) is 0 Å². The summed E-state index contributed by atoms with van der Waals surface area (Å²) < 4.78 is 0. The lowest BCUT2D eigenvalue weighted by molar-refractivity contribution is 0.365. The van der Waals surface area contributed by atoms with Gasteiger partial charge in [-0.1, -0.05) is 0 Å². The van der Waals surface area contributed by atoms with E-state index in [0.717, 1.165) is 11.8 Å². The van der Waals surface area contributed by atoms with E-state index in [1.807, 2.05) is 0 Å². The van der Waals surface area contributed by atoms with Gasteiger partial charge >= 0.3 is 0 Å². The molecule has 0 radical (unpaired) electrons. The van der Waals surface area contributed by atoms with Gasteiger partial charge < -0.3 is 11.5 Å². The van der Waals surface area contributed by atoms with Gasteiger partial charge in [-0.05, 0) is 31.1 Å². The van der Waals surface area contributed by atoms with Crippen LogP contribution in [0.5, 0.6) is 0 Å². The summed E-state index contributed by atoms with van der Waals surface area (Å²) in [5, 5.41) is 0. The van der Waals surface area contributed by atoms with E-state index in [9.17, 15) is 0 Å². The first-order chi connectivity index (χ1) is 4.29. The summed E-state index contributed by atoms with van der Waals surface area (Å²) in [4.78, 5) is 0. The van der Waals surface area contributed by atoms with E-state index in [0.29, 0.717) is 12.1 Å². The maximum absolute atomic E-state index is 5.84. The molecule has 2 aliphatic rings. The average Bonchev–Trinajstić information content (AvgIpc) is 2.37. The Labute approximate surface area is 55.6 Å². The molecule has 2 heteroatoms. The molecule has 0 aliphatic heterocycles. The van der Waals surface area contributed by atoms with Gasteiger partial charge in [0.1, 0.15) is 0 Å². The lowest BCUT2D eigenvalue weighted by atomic mass is 9.92. The maximum Gasteiger partial charge on any atom is 0.0223 e. The summed E-state index contributed by atoms with van der Waals surface area (Å²) in [7, 11) is 0. The van der Waals surface area contributed by atoms with Gasteiger partial charge in [-0.2, -0.15) is 0 Å². The number of nitrogens with two attached hydrogens (primary N) is 2. The van der Waals surface area contributed by atoms with Crippen LogP contribution in [0.4, 0.5) is 0 Å². The van der Waals surface area contributed by atoms with Crippen LogP contribution < -0.4 is 11.5 Å². The van der Waals surface area contributed by atoms with Gasteiger partial charge in [0, 0.05) is 12.1 Å². The Kier molecular flexibility index (Phi) is 1.08. The molecule has 0 saturated heterocycles. The zero-order valence-corrected chi connectivity index (χ0v) is 5.59. The predicted octanol–water partition coefficient (Wildman–Crippen LogP) is 0.0709. The molecular weight excluding hydrogens is 112 g/mol. The largest absolute Gasteiger partial charge is 0.326 e. The Hall–Kier alpha value is -0.0800. The molecule has 0 spiro atoms. The lowest BCUT2D eigenvalue weighted by Crippen LogP contribution is -2.45. The Morgan fingerprint density at radius 1 is 0.889 bits per heavy atom. The van der Waals surface area contributed by atoms with Crippen LogP contribution in [0, 0.1) is 11.8 Å². The van der Waals surface area contributed by atoms with Crippen molar-refractivity contribution in [1.29, 1.82) is 0 Å². The quantitative estimate of drug-likeness (QED) is 0.482. The molecule has 2 rings (SSSR count). The highest BCUT2D eigenvalue weighted by Gasteiger charge is 2.43. The summed E-state index contributed by atoms with van der Waals surface area (Å²) in [6.07, 6.45) is 3.97. The fraction of sp³-hybridized carbons (Fsp3) is 1.00. The van der Waals surface area contributed by atoms with Crippen molar-refractivity contribution in [2.75, 3.05) is 0 Å².